The molecular formula is C11H15NS. The summed E-state index contributed by atoms with van der Waals surface area (Å²) in [6, 6.07) is 0. The Balaban J connectivity index is 2.07. The molecular weight excluding hydrogens is 178 g/mol. The molecule has 1 heterocycles. The zero-order valence-corrected chi connectivity index (χ0v) is 9.03. The highest BCUT2D eigenvalue weighted by Gasteiger charge is 2.40. The number of rotatable bonds is 1. The predicted octanol–water partition coefficient (Wildman–Crippen LogP) is 3.63. The van der Waals surface area contributed by atoms with Gasteiger partial charge in [-0.2, -0.15) is 0 Å². The van der Waals surface area contributed by atoms with E-state index in [4.69, 9.17) is 4.98 Å². The molecule has 2 heteroatoms. The van der Waals surface area contributed by atoms with E-state index in [1.807, 2.05) is 11.3 Å². The minimum Gasteiger partial charge on any atom is -0.245 e. The van der Waals surface area contributed by atoms with Gasteiger partial charge >= 0.3 is 0 Å². The summed E-state index contributed by atoms with van der Waals surface area (Å²) in [6.07, 6.45) is 4.24. The van der Waals surface area contributed by atoms with Crippen LogP contribution in [0, 0.1) is 0 Å². The first-order chi connectivity index (χ1) is 6.25. The van der Waals surface area contributed by atoms with Gasteiger partial charge in [0.15, 0.2) is 0 Å². The van der Waals surface area contributed by atoms with Crippen LogP contribution in [0.2, 0.25) is 0 Å². The van der Waals surface area contributed by atoms with Crippen molar-refractivity contribution < 1.29 is 0 Å². The topological polar surface area (TPSA) is 12.9 Å². The molecule has 1 fully saturated rings. The van der Waals surface area contributed by atoms with Crippen LogP contribution in [-0.2, 0) is 0 Å². The van der Waals surface area contributed by atoms with Gasteiger partial charge in [0.05, 0.1) is 10.7 Å². The van der Waals surface area contributed by atoms with Crippen LogP contribution in [0.15, 0.2) is 0 Å². The van der Waals surface area contributed by atoms with Gasteiger partial charge in [0, 0.05) is 16.7 Å². The van der Waals surface area contributed by atoms with Crippen molar-refractivity contribution in [2.75, 3.05) is 0 Å². The van der Waals surface area contributed by atoms with E-state index in [0.29, 0.717) is 5.92 Å². The number of hydrogen-bond acceptors (Lipinski definition) is 2. The molecule has 0 amide bonds. The lowest BCUT2D eigenvalue weighted by Crippen LogP contribution is -1.94. The largest absolute Gasteiger partial charge is 0.245 e. The second kappa shape index (κ2) is 2.57. The Kier molecular flexibility index (Phi) is 1.58. The van der Waals surface area contributed by atoms with Gasteiger partial charge < -0.3 is 0 Å². The molecule has 2 aliphatic rings. The molecule has 2 bridgehead atoms. The molecule has 1 nitrogen and oxygen atoms in total. The van der Waals surface area contributed by atoms with E-state index < -0.39 is 0 Å². The minimum absolute atomic E-state index is 0.620. The van der Waals surface area contributed by atoms with Gasteiger partial charge in [-0.05, 0) is 25.2 Å². The number of fused-ring (bicyclic) bond motifs is 5. The highest BCUT2D eigenvalue weighted by atomic mass is 32.1. The molecule has 0 N–H and O–H groups in total. The number of hydrogen-bond donors (Lipinski definition) is 0. The van der Waals surface area contributed by atoms with Crippen molar-refractivity contribution in [1.82, 2.24) is 4.98 Å². The Morgan fingerprint density at radius 1 is 1.31 bits per heavy atom. The van der Waals surface area contributed by atoms with Gasteiger partial charge in [-0.15, -0.1) is 11.3 Å². The molecule has 0 saturated heterocycles. The van der Waals surface area contributed by atoms with Gasteiger partial charge in [0.25, 0.3) is 0 Å². The Morgan fingerprint density at radius 3 is 2.77 bits per heavy atom. The van der Waals surface area contributed by atoms with Crippen LogP contribution in [-0.4, -0.2) is 4.98 Å². The summed E-state index contributed by atoms with van der Waals surface area (Å²) in [5.41, 5.74) is 1.48. The molecule has 2 unspecified atom stereocenters. The predicted molar refractivity (Wildman–Crippen MR) is 55.5 cm³/mol. The summed E-state index contributed by atoms with van der Waals surface area (Å²) in [5, 5.41) is 1.36. The number of nitrogens with zero attached hydrogens (tertiary/aromatic N) is 1. The van der Waals surface area contributed by atoms with Crippen LogP contribution in [0.1, 0.15) is 66.4 Å². The quantitative estimate of drug-likeness (QED) is 0.663. The average Bonchev–Trinajstić information content (AvgIpc) is 2.76. The Labute approximate surface area is 83.2 Å². The molecule has 0 aromatic carbocycles. The van der Waals surface area contributed by atoms with Crippen LogP contribution in [0.4, 0.5) is 0 Å². The zero-order valence-electron chi connectivity index (χ0n) is 8.21. The van der Waals surface area contributed by atoms with Gasteiger partial charge in [-0.3, -0.25) is 0 Å². The van der Waals surface area contributed by atoms with E-state index >= 15 is 0 Å². The maximum Gasteiger partial charge on any atom is 0.0956 e. The van der Waals surface area contributed by atoms with Gasteiger partial charge in [0.2, 0.25) is 0 Å². The van der Waals surface area contributed by atoms with Crippen LogP contribution in [0.5, 0.6) is 0 Å². The summed E-state index contributed by atoms with van der Waals surface area (Å²) in [4.78, 5) is 6.43. The molecule has 1 aromatic rings. The summed E-state index contributed by atoms with van der Waals surface area (Å²) < 4.78 is 0. The van der Waals surface area contributed by atoms with E-state index in [2.05, 4.69) is 13.8 Å². The van der Waals surface area contributed by atoms with Crippen molar-refractivity contribution in [2.24, 2.45) is 0 Å². The van der Waals surface area contributed by atoms with Crippen molar-refractivity contribution in [3.63, 3.8) is 0 Å². The zero-order chi connectivity index (χ0) is 9.00. The molecule has 0 radical (unpaired) electrons. The van der Waals surface area contributed by atoms with Crippen molar-refractivity contribution in [2.45, 2.75) is 50.9 Å². The van der Waals surface area contributed by atoms with Crippen LogP contribution >= 0.6 is 11.3 Å². The minimum atomic E-state index is 0.620. The van der Waals surface area contributed by atoms with E-state index in [9.17, 15) is 0 Å². The normalized spacial score (nSPS) is 30.1. The fourth-order valence-corrected chi connectivity index (χ4v) is 3.96. The molecule has 1 aromatic heterocycles. The van der Waals surface area contributed by atoms with Crippen molar-refractivity contribution in [3.05, 3.63) is 15.6 Å². The molecule has 2 atom stereocenters. The highest BCUT2D eigenvalue weighted by Crippen LogP contribution is 2.55. The maximum atomic E-state index is 4.79. The van der Waals surface area contributed by atoms with Crippen LogP contribution < -0.4 is 0 Å². The van der Waals surface area contributed by atoms with Crippen LogP contribution in [0.3, 0.4) is 0 Å². The van der Waals surface area contributed by atoms with Gasteiger partial charge in [-0.1, -0.05) is 13.8 Å². The smallest absolute Gasteiger partial charge is 0.0956 e. The molecule has 70 valence electrons. The van der Waals surface area contributed by atoms with E-state index in [0.717, 1.165) is 11.8 Å². The van der Waals surface area contributed by atoms with E-state index in [1.165, 1.54) is 30.0 Å². The first kappa shape index (κ1) is 7.98. The summed E-state index contributed by atoms with van der Waals surface area (Å²) in [7, 11) is 0. The summed E-state index contributed by atoms with van der Waals surface area (Å²) in [6.45, 7) is 4.49. The maximum absolute atomic E-state index is 4.79. The third-order valence-electron chi connectivity index (χ3n) is 3.38. The monoisotopic (exact) mass is 193 g/mol. The van der Waals surface area contributed by atoms with Crippen molar-refractivity contribution >= 4 is 11.3 Å². The Hall–Kier alpha value is -0.370. The lowest BCUT2D eigenvalue weighted by molar-refractivity contribution is 0.701. The fraction of sp³-hybridized carbons (Fsp3) is 0.727. The number of aromatic nitrogens is 1. The second-order valence-corrected chi connectivity index (χ2v) is 5.73. The standard InChI is InChI=1S/C11H15NS/c1-6(2)11-12-9-7-3-4-8(5-7)10(9)13-11/h6-8H,3-5H2,1-2H3. The molecule has 1 saturated carbocycles. The molecule has 2 aliphatic carbocycles. The van der Waals surface area contributed by atoms with E-state index in [-0.39, 0.29) is 0 Å². The van der Waals surface area contributed by atoms with Crippen molar-refractivity contribution in [3.8, 4) is 0 Å². The first-order valence-corrected chi connectivity index (χ1v) is 6.08. The van der Waals surface area contributed by atoms with Crippen molar-refractivity contribution in [1.29, 1.82) is 0 Å². The molecule has 3 rings (SSSR count). The fourth-order valence-electron chi connectivity index (χ4n) is 2.66. The lowest BCUT2D eigenvalue weighted by atomic mass is 10.0. The van der Waals surface area contributed by atoms with Gasteiger partial charge in [-0.25, -0.2) is 4.98 Å². The molecule has 13 heavy (non-hydrogen) atoms. The second-order valence-electron chi connectivity index (χ2n) is 4.66. The van der Waals surface area contributed by atoms with Crippen LogP contribution in [0.25, 0.3) is 0 Å². The average molecular weight is 193 g/mol. The summed E-state index contributed by atoms with van der Waals surface area (Å²) >= 11 is 1.98. The third kappa shape index (κ3) is 1.01. The Morgan fingerprint density at radius 2 is 2.08 bits per heavy atom. The molecule has 0 spiro atoms. The Bertz CT molecular complexity index is 312. The SMILES string of the molecule is CC(C)c1nc2c(s1)C1CCC2C1. The van der Waals surface area contributed by atoms with Gasteiger partial charge in [0.1, 0.15) is 0 Å². The number of thiazole rings is 1. The third-order valence-corrected chi connectivity index (χ3v) is 4.92. The highest BCUT2D eigenvalue weighted by molar-refractivity contribution is 7.12. The van der Waals surface area contributed by atoms with E-state index in [1.54, 1.807) is 4.88 Å². The summed E-state index contributed by atoms with van der Waals surface area (Å²) in [5.74, 6) is 2.35. The first-order valence-electron chi connectivity index (χ1n) is 5.26. The lowest BCUT2D eigenvalue weighted by Gasteiger charge is -2.06. The molecule has 0 aliphatic heterocycles.